The molecule has 2 heterocycles. The van der Waals surface area contributed by atoms with Gasteiger partial charge in [-0.3, -0.25) is 0 Å². The standard InChI is InChI=1S/C15H16N4OS/c1-3-5-11-12(21-15(16)17-11)14-18-13(19-20-14)10-7-4-6-9(2)8-10/h4,6-8H,3,5H2,1-2H3,(H2,16,17). The van der Waals surface area contributed by atoms with Crippen LogP contribution < -0.4 is 5.73 Å². The van der Waals surface area contributed by atoms with Crippen LogP contribution in [0.15, 0.2) is 28.8 Å². The molecule has 0 unspecified atom stereocenters. The fourth-order valence-electron chi connectivity index (χ4n) is 2.16. The highest BCUT2D eigenvalue weighted by Gasteiger charge is 2.18. The van der Waals surface area contributed by atoms with Gasteiger partial charge >= 0.3 is 0 Å². The van der Waals surface area contributed by atoms with Crippen molar-refractivity contribution in [2.45, 2.75) is 26.7 Å². The first-order valence-corrected chi connectivity index (χ1v) is 7.65. The first-order chi connectivity index (χ1) is 10.2. The predicted octanol–water partition coefficient (Wildman–Crippen LogP) is 3.70. The predicted molar refractivity (Wildman–Crippen MR) is 84.0 cm³/mol. The van der Waals surface area contributed by atoms with E-state index in [1.165, 1.54) is 11.3 Å². The fraction of sp³-hybridized carbons (Fsp3) is 0.267. The number of aromatic nitrogens is 3. The summed E-state index contributed by atoms with van der Waals surface area (Å²) < 4.78 is 5.40. The maximum Gasteiger partial charge on any atom is 0.270 e. The maximum absolute atomic E-state index is 5.80. The van der Waals surface area contributed by atoms with Gasteiger partial charge in [-0.15, -0.1) is 0 Å². The van der Waals surface area contributed by atoms with Crippen molar-refractivity contribution in [1.29, 1.82) is 0 Å². The zero-order chi connectivity index (χ0) is 14.8. The van der Waals surface area contributed by atoms with Gasteiger partial charge in [-0.25, -0.2) is 4.98 Å². The van der Waals surface area contributed by atoms with E-state index in [-0.39, 0.29) is 0 Å². The second kappa shape index (κ2) is 5.65. The number of benzene rings is 1. The van der Waals surface area contributed by atoms with Crippen molar-refractivity contribution in [3.8, 4) is 22.2 Å². The molecule has 0 radical (unpaired) electrons. The van der Waals surface area contributed by atoms with Crippen LogP contribution >= 0.6 is 11.3 Å². The van der Waals surface area contributed by atoms with Gasteiger partial charge in [-0.1, -0.05) is 53.6 Å². The molecule has 3 aromatic rings. The molecule has 2 aromatic heterocycles. The first kappa shape index (κ1) is 13.8. The minimum Gasteiger partial charge on any atom is -0.375 e. The third kappa shape index (κ3) is 2.80. The van der Waals surface area contributed by atoms with E-state index in [0.29, 0.717) is 16.8 Å². The Bertz CT molecular complexity index is 763. The van der Waals surface area contributed by atoms with E-state index in [4.69, 9.17) is 10.3 Å². The van der Waals surface area contributed by atoms with Gasteiger partial charge in [-0.05, 0) is 19.4 Å². The molecule has 0 saturated carbocycles. The summed E-state index contributed by atoms with van der Waals surface area (Å²) in [6.45, 7) is 4.14. The van der Waals surface area contributed by atoms with Gasteiger partial charge in [0, 0.05) is 5.56 Å². The minimum atomic E-state index is 0.490. The summed E-state index contributed by atoms with van der Waals surface area (Å²) in [6.07, 6.45) is 1.85. The van der Waals surface area contributed by atoms with Gasteiger partial charge in [0.1, 0.15) is 4.88 Å². The normalized spacial score (nSPS) is 11.0. The molecule has 6 heteroatoms. The van der Waals surface area contributed by atoms with Gasteiger partial charge in [0.05, 0.1) is 5.69 Å². The van der Waals surface area contributed by atoms with E-state index in [1.54, 1.807) is 0 Å². The lowest BCUT2D eigenvalue weighted by Gasteiger charge is -1.95. The number of nitrogens with zero attached hydrogens (tertiary/aromatic N) is 3. The average molecular weight is 300 g/mol. The maximum atomic E-state index is 5.80. The molecule has 0 aliphatic carbocycles. The zero-order valence-electron chi connectivity index (χ0n) is 12.0. The lowest BCUT2D eigenvalue weighted by Crippen LogP contribution is -1.88. The van der Waals surface area contributed by atoms with Crippen LogP contribution in [0.25, 0.3) is 22.2 Å². The number of nitrogen functional groups attached to an aromatic ring is 1. The van der Waals surface area contributed by atoms with Crippen molar-refractivity contribution in [2.24, 2.45) is 0 Å². The number of anilines is 1. The minimum absolute atomic E-state index is 0.490. The molecule has 5 nitrogen and oxygen atoms in total. The van der Waals surface area contributed by atoms with Crippen molar-refractivity contribution < 1.29 is 4.52 Å². The van der Waals surface area contributed by atoms with Gasteiger partial charge in [-0.2, -0.15) is 4.98 Å². The molecule has 0 atom stereocenters. The molecular weight excluding hydrogens is 284 g/mol. The van der Waals surface area contributed by atoms with E-state index in [2.05, 4.69) is 22.0 Å². The van der Waals surface area contributed by atoms with E-state index < -0.39 is 0 Å². The quantitative estimate of drug-likeness (QED) is 0.794. The second-order valence-corrected chi connectivity index (χ2v) is 5.90. The molecule has 2 N–H and O–H groups in total. The first-order valence-electron chi connectivity index (χ1n) is 6.83. The molecule has 0 saturated heterocycles. The number of thiazole rings is 1. The van der Waals surface area contributed by atoms with E-state index in [1.807, 2.05) is 31.2 Å². The summed E-state index contributed by atoms with van der Waals surface area (Å²) in [5.41, 5.74) is 8.84. The summed E-state index contributed by atoms with van der Waals surface area (Å²) in [6, 6.07) is 8.01. The zero-order valence-corrected chi connectivity index (χ0v) is 12.8. The molecule has 3 rings (SSSR count). The van der Waals surface area contributed by atoms with Crippen LogP contribution in [0, 0.1) is 6.92 Å². The molecule has 21 heavy (non-hydrogen) atoms. The Kier molecular flexibility index (Phi) is 3.70. The molecule has 0 aliphatic heterocycles. The Morgan fingerprint density at radius 1 is 1.29 bits per heavy atom. The number of aryl methyl sites for hydroxylation is 2. The molecule has 0 amide bonds. The summed E-state index contributed by atoms with van der Waals surface area (Å²) in [5.74, 6) is 1.08. The lowest BCUT2D eigenvalue weighted by atomic mass is 10.1. The van der Waals surface area contributed by atoms with Crippen LogP contribution in [0.4, 0.5) is 5.13 Å². The number of hydrogen-bond donors (Lipinski definition) is 1. The highest BCUT2D eigenvalue weighted by atomic mass is 32.1. The van der Waals surface area contributed by atoms with Crippen molar-refractivity contribution in [1.82, 2.24) is 15.1 Å². The Morgan fingerprint density at radius 2 is 2.14 bits per heavy atom. The van der Waals surface area contributed by atoms with Crippen LogP contribution in [-0.4, -0.2) is 15.1 Å². The summed E-state index contributed by atoms with van der Waals surface area (Å²) in [7, 11) is 0. The SMILES string of the molecule is CCCc1nc(N)sc1-c1nc(-c2cccc(C)c2)no1. The molecular formula is C15H16N4OS. The van der Waals surface area contributed by atoms with Gasteiger partial charge in [0.2, 0.25) is 5.82 Å². The number of hydrogen-bond acceptors (Lipinski definition) is 6. The van der Waals surface area contributed by atoms with Gasteiger partial charge < -0.3 is 10.3 Å². The second-order valence-electron chi connectivity index (χ2n) is 4.87. The lowest BCUT2D eigenvalue weighted by molar-refractivity contribution is 0.432. The number of rotatable bonds is 4. The fourth-order valence-corrected chi connectivity index (χ4v) is 2.96. The Balaban J connectivity index is 1.98. The molecule has 0 fully saturated rings. The van der Waals surface area contributed by atoms with Crippen LogP contribution in [0.5, 0.6) is 0 Å². The molecule has 1 aromatic carbocycles. The van der Waals surface area contributed by atoms with Crippen molar-refractivity contribution >= 4 is 16.5 Å². The van der Waals surface area contributed by atoms with Crippen LogP contribution in [0.2, 0.25) is 0 Å². The highest BCUT2D eigenvalue weighted by molar-refractivity contribution is 7.18. The van der Waals surface area contributed by atoms with Gasteiger partial charge in [0.15, 0.2) is 5.13 Å². The highest BCUT2D eigenvalue weighted by Crippen LogP contribution is 2.32. The third-order valence-electron chi connectivity index (χ3n) is 3.10. The summed E-state index contributed by atoms with van der Waals surface area (Å²) >= 11 is 1.39. The monoisotopic (exact) mass is 300 g/mol. The summed E-state index contributed by atoms with van der Waals surface area (Å²) in [4.78, 5) is 9.70. The van der Waals surface area contributed by atoms with Crippen molar-refractivity contribution in [3.63, 3.8) is 0 Å². The Morgan fingerprint density at radius 3 is 2.90 bits per heavy atom. The number of nitrogens with two attached hydrogens (primary N) is 1. The molecule has 0 aliphatic rings. The topological polar surface area (TPSA) is 77.8 Å². The molecule has 108 valence electrons. The Labute approximate surface area is 126 Å². The Hall–Kier alpha value is -2.21. The van der Waals surface area contributed by atoms with Crippen LogP contribution in [0.1, 0.15) is 24.6 Å². The van der Waals surface area contributed by atoms with E-state index in [9.17, 15) is 0 Å². The van der Waals surface area contributed by atoms with Crippen LogP contribution in [-0.2, 0) is 6.42 Å². The van der Waals surface area contributed by atoms with Gasteiger partial charge in [0.25, 0.3) is 5.89 Å². The largest absolute Gasteiger partial charge is 0.375 e. The van der Waals surface area contributed by atoms with Crippen molar-refractivity contribution in [3.05, 3.63) is 35.5 Å². The summed E-state index contributed by atoms with van der Waals surface area (Å²) in [5, 5.41) is 4.60. The van der Waals surface area contributed by atoms with Crippen molar-refractivity contribution in [2.75, 3.05) is 5.73 Å². The smallest absolute Gasteiger partial charge is 0.270 e. The average Bonchev–Trinajstić information content (AvgIpc) is 3.06. The van der Waals surface area contributed by atoms with E-state index in [0.717, 1.165) is 34.5 Å². The van der Waals surface area contributed by atoms with E-state index >= 15 is 0 Å². The third-order valence-corrected chi connectivity index (χ3v) is 4.01. The molecule has 0 bridgehead atoms. The van der Waals surface area contributed by atoms with Crippen LogP contribution in [0.3, 0.4) is 0 Å². The molecule has 0 spiro atoms.